The Hall–Kier alpha value is -2.03. The molecule has 6 heteroatoms. The lowest BCUT2D eigenvalue weighted by Gasteiger charge is -2.13. The fraction of sp³-hybridized carbons (Fsp3) is 0.125. The van der Waals surface area contributed by atoms with E-state index < -0.39 is 5.97 Å². The Labute approximate surface area is 141 Å². The van der Waals surface area contributed by atoms with Gasteiger partial charge in [0.2, 0.25) is 0 Å². The first-order valence-electron chi connectivity index (χ1n) is 6.40. The number of ether oxygens (including phenoxy) is 2. The van der Waals surface area contributed by atoms with Crippen molar-refractivity contribution in [3.63, 3.8) is 0 Å². The molecule has 0 saturated carbocycles. The number of rotatable bonds is 4. The zero-order valence-corrected chi connectivity index (χ0v) is 13.9. The highest BCUT2D eigenvalue weighted by molar-refractivity contribution is 9.10. The van der Waals surface area contributed by atoms with Crippen molar-refractivity contribution >= 4 is 33.5 Å². The summed E-state index contributed by atoms with van der Waals surface area (Å²) in [6.07, 6.45) is 0. The average Bonchev–Trinajstić information content (AvgIpc) is 2.50. The quantitative estimate of drug-likeness (QED) is 0.575. The second-order valence-electron chi connectivity index (χ2n) is 4.20. The first-order valence-corrected chi connectivity index (χ1v) is 7.57. The third-order valence-electron chi connectivity index (χ3n) is 2.73. The van der Waals surface area contributed by atoms with Gasteiger partial charge in [0.25, 0.3) is 0 Å². The van der Waals surface area contributed by atoms with Gasteiger partial charge in [0.15, 0.2) is 11.5 Å². The van der Waals surface area contributed by atoms with Gasteiger partial charge in [0.1, 0.15) is 0 Å². The third-order valence-corrected chi connectivity index (χ3v) is 3.70. The molecule has 0 aliphatic heterocycles. The van der Waals surface area contributed by atoms with Crippen molar-refractivity contribution in [1.82, 2.24) is 0 Å². The zero-order chi connectivity index (χ0) is 16.1. The topological polar surface area (TPSA) is 59.3 Å². The minimum atomic E-state index is -0.569. The summed E-state index contributed by atoms with van der Waals surface area (Å²) in [6.45, 7) is 2.14. The molecule has 0 aromatic heterocycles. The first-order chi connectivity index (χ1) is 10.6. The Bertz CT molecular complexity index is 756. The van der Waals surface area contributed by atoms with Gasteiger partial charge >= 0.3 is 5.97 Å². The van der Waals surface area contributed by atoms with Gasteiger partial charge in [-0.2, -0.15) is 5.26 Å². The summed E-state index contributed by atoms with van der Waals surface area (Å²) < 4.78 is 11.4. The van der Waals surface area contributed by atoms with Crippen molar-refractivity contribution in [3.05, 3.63) is 57.0 Å². The smallest absolute Gasteiger partial charge is 0.344 e. The molecule has 0 aliphatic rings. The molecule has 0 atom stereocenters. The van der Waals surface area contributed by atoms with Crippen LogP contribution < -0.4 is 9.47 Å². The van der Waals surface area contributed by atoms with Gasteiger partial charge in [-0.15, -0.1) is 0 Å². The van der Waals surface area contributed by atoms with E-state index in [2.05, 4.69) is 15.9 Å². The van der Waals surface area contributed by atoms with Crippen molar-refractivity contribution in [1.29, 1.82) is 5.26 Å². The molecule has 0 bridgehead atoms. The number of hydrogen-bond acceptors (Lipinski definition) is 4. The van der Waals surface area contributed by atoms with Gasteiger partial charge in [-0.1, -0.05) is 23.7 Å². The summed E-state index contributed by atoms with van der Waals surface area (Å²) in [6, 6.07) is 11.8. The lowest BCUT2D eigenvalue weighted by Crippen LogP contribution is -2.11. The van der Waals surface area contributed by atoms with E-state index in [1.165, 1.54) is 12.1 Å². The van der Waals surface area contributed by atoms with E-state index in [9.17, 15) is 4.79 Å². The second kappa shape index (κ2) is 7.30. The summed E-state index contributed by atoms with van der Waals surface area (Å²) >= 11 is 9.39. The molecule has 22 heavy (non-hydrogen) atoms. The van der Waals surface area contributed by atoms with E-state index >= 15 is 0 Å². The molecule has 0 fully saturated rings. The van der Waals surface area contributed by atoms with Crippen LogP contribution in [0.4, 0.5) is 0 Å². The Morgan fingerprint density at radius 3 is 2.73 bits per heavy atom. The van der Waals surface area contributed by atoms with Crippen LogP contribution in [0.3, 0.4) is 0 Å². The molecule has 2 aromatic carbocycles. The highest BCUT2D eigenvalue weighted by Gasteiger charge is 2.19. The monoisotopic (exact) mass is 379 g/mol. The summed E-state index contributed by atoms with van der Waals surface area (Å²) in [4.78, 5) is 12.3. The molecular formula is C16H11BrClNO3. The van der Waals surface area contributed by atoms with E-state index in [1.54, 1.807) is 31.2 Å². The molecule has 0 N–H and O–H groups in total. The largest absolute Gasteiger partial charge is 0.490 e. The molecule has 0 radical (unpaired) electrons. The van der Waals surface area contributed by atoms with E-state index in [0.29, 0.717) is 22.2 Å². The van der Waals surface area contributed by atoms with E-state index in [4.69, 9.17) is 26.3 Å². The highest BCUT2D eigenvalue weighted by atomic mass is 79.9. The van der Waals surface area contributed by atoms with Crippen molar-refractivity contribution in [2.45, 2.75) is 6.92 Å². The zero-order valence-electron chi connectivity index (χ0n) is 11.6. The van der Waals surface area contributed by atoms with Gasteiger partial charge in [-0.25, -0.2) is 4.79 Å². The molecule has 0 heterocycles. The first kappa shape index (κ1) is 16.3. The second-order valence-corrected chi connectivity index (χ2v) is 5.46. The maximum Gasteiger partial charge on any atom is 0.344 e. The number of esters is 1. The lowest BCUT2D eigenvalue weighted by molar-refractivity contribution is 0.0727. The van der Waals surface area contributed by atoms with E-state index in [1.807, 2.05) is 6.07 Å². The Morgan fingerprint density at radius 2 is 2.09 bits per heavy atom. The predicted molar refractivity (Wildman–Crippen MR) is 86.4 cm³/mol. The van der Waals surface area contributed by atoms with Crippen molar-refractivity contribution in [2.24, 2.45) is 0 Å². The number of nitriles is 1. The molecule has 0 aliphatic carbocycles. The third kappa shape index (κ3) is 3.59. The Morgan fingerprint density at radius 1 is 1.36 bits per heavy atom. The molecule has 0 amide bonds. The number of hydrogen-bond donors (Lipinski definition) is 0. The van der Waals surface area contributed by atoms with E-state index in [-0.39, 0.29) is 16.5 Å². The molecule has 112 valence electrons. The Balaban J connectivity index is 2.39. The average molecular weight is 381 g/mol. The van der Waals surface area contributed by atoms with Crippen LogP contribution in [0.2, 0.25) is 5.02 Å². The SMILES string of the molecule is CCOc1cc(C#N)cc(Cl)c1OC(=O)c1ccccc1Br. The normalized spacial score (nSPS) is 9.91. The van der Waals surface area contributed by atoms with Crippen molar-refractivity contribution in [3.8, 4) is 17.6 Å². The fourth-order valence-corrected chi connectivity index (χ4v) is 2.46. The molecular weight excluding hydrogens is 370 g/mol. The van der Waals surface area contributed by atoms with Crippen LogP contribution in [0.1, 0.15) is 22.8 Å². The van der Waals surface area contributed by atoms with Crippen LogP contribution in [-0.2, 0) is 0 Å². The highest BCUT2D eigenvalue weighted by Crippen LogP contribution is 2.37. The number of carbonyl (C=O) groups excluding carboxylic acids is 1. The Kier molecular flexibility index (Phi) is 5.42. The maximum absolute atomic E-state index is 12.3. The van der Waals surface area contributed by atoms with Crippen LogP contribution in [0.5, 0.6) is 11.5 Å². The summed E-state index contributed by atoms with van der Waals surface area (Å²) in [5.74, 6) is -0.213. The van der Waals surface area contributed by atoms with Crippen LogP contribution in [0, 0.1) is 11.3 Å². The number of benzene rings is 2. The van der Waals surface area contributed by atoms with Gasteiger partial charge < -0.3 is 9.47 Å². The van der Waals surface area contributed by atoms with Crippen LogP contribution in [-0.4, -0.2) is 12.6 Å². The number of nitrogens with zero attached hydrogens (tertiary/aromatic N) is 1. The molecule has 2 rings (SSSR count). The van der Waals surface area contributed by atoms with Crippen LogP contribution in [0.25, 0.3) is 0 Å². The molecule has 2 aromatic rings. The lowest BCUT2D eigenvalue weighted by atomic mass is 10.2. The van der Waals surface area contributed by atoms with Crippen molar-refractivity contribution in [2.75, 3.05) is 6.61 Å². The van der Waals surface area contributed by atoms with Crippen LogP contribution in [0.15, 0.2) is 40.9 Å². The number of halogens is 2. The number of carbonyl (C=O) groups is 1. The molecule has 0 spiro atoms. The van der Waals surface area contributed by atoms with Gasteiger partial charge in [0.05, 0.1) is 28.8 Å². The molecule has 4 nitrogen and oxygen atoms in total. The van der Waals surface area contributed by atoms with Gasteiger partial charge in [0, 0.05) is 10.5 Å². The fourth-order valence-electron chi connectivity index (χ4n) is 1.77. The summed E-state index contributed by atoms with van der Waals surface area (Å²) in [5, 5.41) is 9.11. The maximum atomic E-state index is 12.3. The van der Waals surface area contributed by atoms with E-state index in [0.717, 1.165) is 0 Å². The minimum Gasteiger partial charge on any atom is -0.490 e. The molecule has 0 saturated heterocycles. The summed E-state index contributed by atoms with van der Waals surface area (Å²) in [5.41, 5.74) is 0.694. The minimum absolute atomic E-state index is 0.100. The summed E-state index contributed by atoms with van der Waals surface area (Å²) in [7, 11) is 0. The molecule has 0 unspecified atom stereocenters. The van der Waals surface area contributed by atoms with Gasteiger partial charge in [-0.05, 0) is 41.1 Å². The van der Waals surface area contributed by atoms with Crippen molar-refractivity contribution < 1.29 is 14.3 Å². The predicted octanol–water partition coefficient (Wildman–Crippen LogP) is 4.59. The van der Waals surface area contributed by atoms with Gasteiger partial charge in [-0.3, -0.25) is 0 Å². The standard InChI is InChI=1S/C16H11BrClNO3/c1-2-21-14-8-10(9-19)7-13(18)15(14)22-16(20)11-5-3-4-6-12(11)17/h3-8H,2H2,1H3. The van der Waals surface area contributed by atoms with Crippen LogP contribution >= 0.6 is 27.5 Å².